The highest BCUT2D eigenvalue weighted by Gasteiger charge is 2.35. The molecule has 0 radical (unpaired) electrons. The maximum atomic E-state index is 11.3. The Labute approximate surface area is 143 Å². The Kier molecular flexibility index (Phi) is 3.21. The summed E-state index contributed by atoms with van der Waals surface area (Å²) in [5, 5.41) is 21.2. The zero-order valence-corrected chi connectivity index (χ0v) is 13.6. The number of nitrogens with one attached hydrogen (secondary N) is 1. The molecule has 0 aliphatic heterocycles. The van der Waals surface area contributed by atoms with E-state index >= 15 is 0 Å². The van der Waals surface area contributed by atoms with Gasteiger partial charge < -0.3 is 14.8 Å². The van der Waals surface area contributed by atoms with E-state index in [2.05, 4.69) is 4.98 Å². The Hall–Kier alpha value is -2.66. The maximum Gasteiger partial charge on any atom is 0.199 e. The number of aromatic hydroxyl groups is 2. The minimum atomic E-state index is -0.216. The normalized spacial score (nSPS) is 15.8. The Balaban J connectivity index is 2.02. The summed E-state index contributed by atoms with van der Waals surface area (Å²) in [4.78, 5) is 13.9. The molecule has 1 aromatic carbocycles. The lowest BCUT2D eigenvalue weighted by Gasteiger charge is -2.25. The van der Waals surface area contributed by atoms with E-state index < -0.39 is 0 Å². The quantitative estimate of drug-likeness (QED) is 0.623. The summed E-state index contributed by atoms with van der Waals surface area (Å²) in [5.41, 5.74) is 4.20. The highest BCUT2D eigenvalue weighted by molar-refractivity contribution is 6.31. The molecule has 2 heterocycles. The van der Waals surface area contributed by atoms with Gasteiger partial charge in [0.05, 0.1) is 11.3 Å². The zero-order chi connectivity index (χ0) is 17.0. The van der Waals surface area contributed by atoms with E-state index in [0.29, 0.717) is 28.3 Å². The van der Waals surface area contributed by atoms with Crippen LogP contribution in [0.5, 0.6) is 11.8 Å². The number of fused-ring (bicyclic) bond motifs is 3. The summed E-state index contributed by atoms with van der Waals surface area (Å²) in [6, 6.07) is 9.19. The summed E-state index contributed by atoms with van der Waals surface area (Å²) >= 11 is 6.37. The Morgan fingerprint density at radius 1 is 1.29 bits per heavy atom. The fourth-order valence-electron chi connectivity index (χ4n) is 3.66. The monoisotopic (exact) mass is 342 g/mol. The average Bonchev–Trinajstić information content (AvgIpc) is 3.04. The van der Waals surface area contributed by atoms with E-state index in [4.69, 9.17) is 11.6 Å². The molecule has 0 saturated heterocycles. The number of hydrogen-bond acceptors (Lipinski definition) is 3. The highest BCUT2D eigenvalue weighted by Crippen LogP contribution is 2.51. The molecule has 0 fully saturated rings. The topological polar surface area (TPSA) is 78.2 Å². The van der Waals surface area contributed by atoms with Crippen LogP contribution in [0.15, 0.2) is 30.3 Å². The highest BCUT2D eigenvalue weighted by atomic mass is 35.5. The second kappa shape index (κ2) is 5.18. The molecule has 3 N–H and O–H groups in total. The Bertz CT molecular complexity index is 971. The number of hydrogen-bond donors (Lipinski definition) is 3. The molecule has 1 aliphatic rings. The molecule has 4 rings (SSSR count). The van der Waals surface area contributed by atoms with Gasteiger partial charge >= 0.3 is 0 Å². The van der Waals surface area contributed by atoms with Crippen LogP contribution in [0, 0.1) is 0 Å². The maximum absolute atomic E-state index is 11.3. The number of H-pyrrole nitrogens is 1. The molecule has 1 atom stereocenters. The van der Waals surface area contributed by atoms with Gasteiger partial charge in [-0.05, 0) is 24.1 Å². The van der Waals surface area contributed by atoms with E-state index in [1.807, 2.05) is 29.8 Å². The molecule has 122 valence electrons. The molecule has 0 spiro atoms. The zero-order valence-electron chi connectivity index (χ0n) is 12.9. The van der Waals surface area contributed by atoms with Crippen molar-refractivity contribution < 1.29 is 15.0 Å². The van der Waals surface area contributed by atoms with Gasteiger partial charge in [-0.1, -0.05) is 29.8 Å². The third-order valence-electron chi connectivity index (χ3n) is 4.81. The van der Waals surface area contributed by atoms with Crippen molar-refractivity contribution in [1.82, 2.24) is 9.55 Å². The van der Waals surface area contributed by atoms with Gasteiger partial charge in [-0.25, -0.2) is 0 Å². The van der Waals surface area contributed by atoms with Crippen LogP contribution in [0.4, 0.5) is 0 Å². The largest absolute Gasteiger partial charge is 0.494 e. The van der Waals surface area contributed by atoms with Crippen molar-refractivity contribution in [1.29, 1.82) is 0 Å². The Morgan fingerprint density at radius 3 is 2.75 bits per heavy atom. The summed E-state index contributed by atoms with van der Waals surface area (Å²) in [6.07, 6.45) is 1.35. The van der Waals surface area contributed by atoms with Gasteiger partial charge in [-0.2, -0.15) is 0 Å². The van der Waals surface area contributed by atoms with Gasteiger partial charge in [-0.3, -0.25) is 9.78 Å². The number of halogens is 1. The summed E-state index contributed by atoms with van der Waals surface area (Å²) in [6.45, 7) is 0. The lowest BCUT2D eigenvalue weighted by molar-refractivity contribution is 0.111. The minimum Gasteiger partial charge on any atom is -0.494 e. The molecule has 0 bridgehead atoms. The van der Waals surface area contributed by atoms with Crippen LogP contribution in [0.25, 0.3) is 11.1 Å². The fraction of sp³-hybridized carbons (Fsp3) is 0.167. The Morgan fingerprint density at radius 2 is 2.04 bits per heavy atom. The minimum absolute atomic E-state index is 0.0745. The molecule has 2 aromatic heterocycles. The number of rotatable bonds is 2. The smallest absolute Gasteiger partial charge is 0.199 e. The first kappa shape index (κ1) is 14.9. The standard InChI is InChI=1S/C18H15ClN2O3/c1-21-9(8-22)6-12-14(21)7-11(10-4-2-3-5-13(10)19)15-16(12)18(24)20-17(15)23/h2-6,8,11,20,23-24H,7H2,1H3. The van der Waals surface area contributed by atoms with Crippen molar-refractivity contribution in [2.45, 2.75) is 12.3 Å². The first-order valence-corrected chi connectivity index (χ1v) is 7.93. The van der Waals surface area contributed by atoms with Gasteiger partial charge in [0.1, 0.15) is 0 Å². The van der Waals surface area contributed by atoms with E-state index in [0.717, 1.165) is 23.1 Å². The second-order valence-electron chi connectivity index (χ2n) is 6.00. The first-order valence-electron chi connectivity index (χ1n) is 7.55. The van der Waals surface area contributed by atoms with Gasteiger partial charge in [0.15, 0.2) is 18.0 Å². The molecular weight excluding hydrogens is 328 g/mol. The van der Waals surface area contributed by atoms with Crippen molar-refractivity contribution >= 4 is 17.9 Å². The fourth-order valence-corrected chi connectivity index (χ4v) is 3.93. The molecule has 6 heteroatoms. The van der Waals surface area contributed by atoms with Gasteiger partial charge in [-0.15, -0.1) is 0 Å². The van der Waals surface area contributed by atoms with E-state index in [-0.39, 0.29) is 17.7 Å². The summed E-state index contributed by atoms with van der Waals surface area (Å²) < 4.78 is 1.82. The SMILES string of the molecule is Cn1c(C=O)cc2c1CC(c1ccccc1Cl)c1c(O)[nH]c(O)c1-2. The van der Waals surface area contributed by atoms with E-state index in [9.17, 15) is 15.0 Å². The first-order chi connectivity index (χ1) is 11.5. The van der Waals surface area contributed by atoms with Crippen LogP contribution in [0.1, 0.15) is 33.2 Å². The molecule has 0 amide bonds. The second-order valence-corrected chi connectivity index (χ2v) is 6.40. The third kappa shape index (κ3) is 1.91. The van der Waals surface area contributed by atoms with Crippen LogP contribution in [-0.2, 0) is 13.5 Å². The average molecular weight is 343 g/mol. The summed E-state index contributed by atoms with van der Waals surface area (Å²) in [5.74, 6) is -0.399. The van der Waals surface area contributed by atoms with Crippen LogP contribution in [0.2, 0.25) is 5.02 Å². The molecular formula is C18H15ClN2O3. The number of aromatic amines is 1. The number of carbonyl (C=O) groups is 1. The number of carbonyl (C=O) groups excluding carboxylic acids is 1. The van der Waals surface area contributed by atoms with Crippen LogP contribution >= 0.6 is 11.6 Å². The van der Waals surface area contributed by atoms with Crippen molar-refractivity contribution in [2.75, 3.05) is 0 Å². The van der Waals surface area contributed by atoms with Crippen LogP contribution < -0.4 is 0 Å². The lowest BCUT2D eigenvalue weighted by atomic mass is 9.79. The van der Waals surface area contributed by atoms with Crippen molar-refractivity contribution in [3.8, 4) is 22.9 Å². The van der Waals surface area contributed by atoms with Crippen molar-refractivity contribution in [2.24, 2.45) is 7.05 Å². The number of benzene rings is 1. The van der Waals surface area contributed by atoms with Crippen molar-refractivity contribution in [3.63, 3.8) is 0 Å². The molecule has 0 saturated carbocycles. The van der Waals surface area contributed by atoms with Gasteiger partial charge in [0.25, 0.3) is 0 Å². The summed E-state index contributed by atoms with van der Waals surface area (Å²) in [7, 11) is 1.82. The predicted molar refractivity (Wildman–Crippen MR) is 90.9 cm³/mol. The molecule has 24 heavy (non-hydrogen) atoms. The number of aldehydes is 1. The molecule has 1 unspecified atom stereocenters. The number of nitrogens with zero attached hydrogens (tertiary/aromatic N) is 1. The van der Waals surface area contributed by atoms with E-state index in [1.165, 1.54) is 0 Å². The number of aromatic nitrogens is 2. The lowest BCUT2D eigenvalue weighted by Crippen LogP contribution is -2.14. The van der Waals surface area contributed by atoms with Crippen molar-refractivity contribution in [3.05, 3.63) is 57.9 Å². The van der Waals surface area contributed by atoms with Crippen LogP contribution in [0.3, 0.4) is 0 Å². The third-order valence-corrected chi connectivity index (χ3v) is 5.15. The van der Waals surface area contributed by atoms with E-state index in [1.54, 1.807) is 12.1 Å². The molecule has 3 aromatic rings. The predicted octanol–water partition coefficient (Wildman–Crippen LogP) is 3.59. The molecule has 1 aliphatic carbocycles. The van der Waals surface area contributed by atoms with Gasteiger partial charge in [0, 0.05) is 34.8 Å². The van der Waals surface area contributed by atoms with Gasteiger partial charge in [0.2, 0.25) is 0 Å². The van der Waals surface area contributed by atoms with Crippen LogP contribution in [-0.4, -0.2) is 26.1 Å². The molecule has 5 nitrogen and oxygen atoms in total.